The molecule has 1 aromatic heterocycles. The number of rotatable bonds is 9. The number of aliphatic hydroxyl groups excluding tert-OH is 1. The van der Waals surface area contributed by atoms with Gasteiger partial charge in [-0.3, -0.25) is 0 Å². The number of ether oxygens (including phenoxy) is 1. The van der Waals surface area contributed by atoms with Crippen molar-refractivity contribution in [2.45, 2.75) is 51.1 Å². The van der Waals surface area contributed by atoms with E-state index in [4.69, 9.17) is 16.6 Å². The van der Waals surface area contributed by atoms with Gasteiger partial charge in [-0.25, -0.2) is 4.98 Å². The van der Waals surface area contributed by atoms with Gasteiger partial charge in [0.15, 0.2) is 5.82 Å². The van der Waals surface area contributed by atoms with Gasteiger partial charge in [0.2, 0.25) is 5.95 Å². The molecule has 11 heteroatoms. The van der Waals surface area contributed by atoms with Crippen LogP contribution in [0.25, 0.3) is 0 Å². The fraction of sp³-hybridized carbons (Fsp3) is 0.407. The third-order valence-corrected chi connectivity index (χ3v) is 6.16. The highest BCUT2D eigenvalue weighted by Crippen LogP contribution is 2.27. The summed E-state index contributed by atoms with van der Waals surface area (Å²) in [6.45, 7) is 0.880. The maximum atomic E-state index is 12.5. The molecule has 2 aromatic carbocycles. The minimum absolute atomic E-state index is 0.00398. The second-order valence-electron chi connectivity index (χ2n) is 9.09. The predicted octanol–water partition coefficient (Wildman–Crippen LogP) is 5.24. The molecule has 0 radical (unpaired) electrons. The summed E-state index contributed by atoms with van der Waals surface area (Å²) in [6.07, 6.45) is 2.91. The summed E-state index contributed by atoms with van der Waals surface area (Å²) in [6, 6.07) is 15.3. The molecule has 3 aromatic rings. The Morgan fingerprint density at radius 2 is 1.68 bits per heavy atom. The SMILES string of the molecule is NC(CO)c1ccccc1.Nc1cnc(NCc2ccccc2OC(F)(F)F)nc1NCC1CCCCC1. The van der Waals surface area contributed by atoms with E-state index in [1.807, 2.05) is 30.3 Å². The topological polar surface area (TPSA) is 131 Å². The first-order valence-electron chi connectivity index (χ1n) is 12.6. The standard InChI is InChI=1S/C19H24F3N5O.C8H11NO/c20-19(21,22)28-16-9-5-4-8-14(16)11-25-18-26-12-15(23)17(27-18)24-10-13-6-2-1-3-7-13;9-8(6-10)7-4-2-1-3-5-7/h4-5,8-9,12-13H,1-3,6-7,10-11,23H2,(H2,24,25,26,27);1-5,8,10H,6,9H2. The van der Waals surface area contributed by atoms with Crippen LogP contribution in [0.1, 0.15) is 49.3 Å². The Balaban J connectivity index is 0.000000336. The monoisotopic (exact) mass is 532 g/mol. The minimum Gasteiger partial charge on any atom is -0.405 e. The first kappa shape index (κ1) is 29.0. The second kappa shape index (κ2) is 14.4. The molecule has 0 spiro atoms. The zero-order valence-corrected chi connectivity index (χ0v) is 21.1. The number of anilines is 3. The highest BCUT2D eigenvalue weighted by Gasteiger charge is 2.32. The molecule has 1 saturated carbocycles. The Morgan fingerprint density at radius 1 is 1.00 bits per heavy atom. The lowest BCUT2D eigenvalue weighted by Gasteiger charge is -2.22. The van der Waals surface area contributed by atoms with E-state index in [2.05, 4.69) is 25.3 Å². The van der Waals surface area contributed by atoms with Crippen molar-refractivity contribution in [3.63, 3.8) is 0 Å². The van der Waals surface area contributed by atoms with E-state index >= 15 is 0 Å². The van der Waals surface area contributed by atoms with Crippen LogP contribution >= 0.6 is 0 Å². The van der Waals surface area contributed by atoms with Crippen LogP contribution < -0.4 is 26.8 Å². The first-order valence-corrected chi connectivity index (χ1v) is 12.6. The summed E-state index contributed by atoms with van der Waals surface area (Å²) in [5.41, 5.74) is 13.2. The van der Waals surface area contributed by atoms with Crippen molar-refractivity contribution < 1.29 is 23.0 Å². The van der Waals surface area contributed by atoms with Gasteiger partial charge in [0, 0.05) is 18.7 Å². The molecule has 8 nitrogen and oxygen atoms in total. The Hall–Kier alpha value is -3.57. The number of aliphatic hydroxyl groups is 1. The number of benzene rings is 2. The Morgan fingerprint density at radius 3 is 2.37 bits per heavy atom. The number of para-hydroxylation sites is 1. The molecule has 4 rings (SSSR count). The maximum absolute atomic E-state index is 12.5. The van der Waals surface area contributed by atoms with Gasteiger partial charge >= 0.3 is 6.36 Å². The minimum atomic E-state index is -4.75. The van der Waals surface area contributed by atoms with Gasteiger partial charge in [0.25, 0.3) is 0 Å². The van der Waals surface area contributed by atoms with Crippen molar-refractivity contribution in [1.82, 2.24) is 9.97 Å². The molecular weight excluding hydrogens is 497 g/mol. The van der Waals surface area contributed by atoms with Crippen LogP contribution in [0.3, 0.4) is 0 Å². The van der Waals surface area contributed by atoms with Crippen LogP contribution in [0.2, 0.25) is 0 Å². The lowest BCUT2D eigenvalue weighted by Crippen LogP contribution is -2.19. The second-order valence-corrected chi connectivity index (χ2v) is 9.09. The van der Waals surface area contributed by atoms with Crippen LogP contribution in [0.4, 0.5) is 30.6 Å². The molecular formula is C27H35F3N6O2. The number of aromatic nitrogens is 2. The fourth-order valence-corrected chi connectivity index (χ4v) is 4.10. The summed E-state index contributed by atoms with van der Waals surface area (Å²) in [5, 5.41) is 14.9. The Labute approximate surface area is 220 Å². The average molecular weight is 533 g/mol. The van der Waals surface area contributed by atoms with E-state index in [1.165, 1.54) is 50.4 Å². The van der Waals surface area contributed by atoms with Crippen LogP contribution in [-0.4, -0.2) is 34.6 Å². The largest absolute Gasteiger partial charge is 0.573 e. The molecule has 1 heterocycles. The maximum Gasteiger partial charge on any atom is 0.573 e. The van der Waals surface area contributed by atoms with E-state index in [0.717, 1.165) is 12.1 Å². The van der Waals surface area contributed by atoms with Gasteiger partial charge < -0.3 is 31.9 Å². The lowest BCUT2D eigenvalue weighted by atomic mass is 9.89. The van der Waals surface area contributed by atoms with E-state index in [0.29, 0.717) is 23.0 Å². The number of halogens is 3. The van der Waals surface area contributed by atoms with Crippen molar-refractivity contribution in [2.75, 3.05) is 29.5 Å². The van der Waals surface area contributed by atoms with Gasteiger partial charge in [0.1, 0.15) is 5.75 Å². The van der Waals surface area contributed by atoms with E-state index in [9.17, 15) is 13.2 Å². The molecule has 1 atom stereocenters. The molecule has 7 N–H and O–H groups in total. The summed E-state index contributed by atoms with van der Waals surface area (Å²) in [7, 11) is 0. The quantitative estimate of drug-likeness (QED) is 0.253. The molecule has 0 saturated heterocycles. The van der Waals surface area contributed by atoms with Crippen molar-refractivity contribution >= 4 is 17.5 Å². The van der Waals surface area contributed by atoms with Crippen molar-refractivity contribution in [1.29, 1.82) is 0 Å². The molecule has 0 amide bonds. The Kier molecular flexibility index (Phi) is 11.0. The number of alkyl halides is 3. The molecule has 1 unspecified atom stereocenters. The number of hydrogen-bond donors (Lipinski definition) is 5. The van der Waals surface area contributed by atoms with Gasteiger partial charge in [-0.05, 0) is 30.4 Å². The summed E-state index contributed by atoms with van der Waals surface area (Å²) >= 11 is 0. The molecule has 1 aliphatic rings. The van der Waals surface area contributed by atoms with Crippen molar-refractivity contribution in [3.8, 4) is 5.75 Å². The first-order chi connectivity index (χ1) is 18.2. The summed E-state index contributed by atoms with van der Waals surface area (Å²) in [5.74, 6) is 1.16. The number of nitrogen functional groups attached to an aromatic ring is 1. The van der Waals surface area contributed by atoms with E-state index < -0.39 is 6.36 Å². The van der Waals surface area contributed by atoms with Crippen molar-refractivity contribution in [2.24, 2.45) is 11.7 Å². The van der Waals surface area contributed by atoms with Crippen LogP contribution in [0.5, 0.6) is 5.75 Å². The third-order valence-electron chi connectivity index (χ3n) is 6.16. The zero-order valence-electron chi connectivity index (χ0n) is 21.1. The summed E-state index contributed by atoms with van der Waals surface area (Å²) < 4.78 is 41.6. The lowest BCUT2D eigenvalue weighted by molar-refractivity contribution is -0.274. The van der Waals surface area contributed by atoms with Crippen molar-refractivity contribution in [3.05, 3.63) is 71.9 Å². The molecule has 38 heavy (non-hydrogen) atoms. The highest BCUT2D eigenvalue weighted by atomic mass is 19.4. The van der Waals surface area contributed by atoms with E-state index in [-0.39, 0.29) is 30.9 Å². The Bertz CT molecular complexity index is 1110. The molecule has 1 fully saturated rings. The number of nitrogens with zero attached hydrogens (tertiary/aromatic N) is 2. The smallest absolute Gasteiger partial charge is 0.405 e. The van der Waals surface area contributed by atoms with Gasteiger partial charge in [-0.2, -0.15) is 4.98 Å². The average Bonchev–Trinajstić information content (AvgIpc) is 2.92. The molecule has 0 bridgehead atoms. The normalized spacial score (nSPS) is 14.7. The van der Waals surface area contributed by atoms with E-state index in [1.54, 1.807) is 12.1 Å². The van der Waals surface area contributed by atoms with Gasteiger partial charge in [0.05, 0.1) is 24.5 Å². The number of nitrogens with two attached hydrogens (primary N) is 2. The van der Waals surface area contributed by atoms with Gasteiger partial charge in [-0.15, -0.1) is 13.2 Å². The zero-order chi connectivity index (χ0) is 27.4. The summed E-state index contributed by atoms with van der Waals surface area (Å²) in [4.78, 5) is 8.46. The highest BCUT2D eigenvalue weighted by molar-refractivity contribution is 5.61. The molecule has 206 valence electrons. The van der Waals surface area contributed by atoms with Crippen LogP contribution in [0.15, 0.2) is 60.8 Å². The molecule has 1 aliphatic carbocycles. The third kappa shape index (κ3) is 9.71. The van der Waals surface area contributed by atoms with Crippen LogP contribution in [-0.2, 0) is 6.54 Å². The fourth-order valence-electron chi connectivity index (χ4n) is 4.10. The van der Waals surface area contributed by atoms with Crippen LogP contribution in [0, 0.1) is 5.92 Å². The molecule has 0 aliphatic heterocycles. The number of hydrogen-bond acceptors (Lipinski definition) is 8. The predicted molar refractivity (Wildman–Crippen MR) is 142 cm³/mol. The van der Waals surface area contributed by atoms with Gasteiger partial charge in [-0.1, -0.05) is 67.8 Å². The number of nitrogens with one attached hydrogen (secondary N) is 2.